The van der Waals surface area contributed by atoms with Crippen molar-refractivity contribution in [1.29, 1.82) is 0 Å². The van der Waals surface area contributed by atoms with Crippen LogP contribution >= 0.6 is 0 Å². The predicted molar refractivity (Wildman–Crippen MR) is 77.2 cm³/mol. The van der Waals surface area contributed by atoms with Crippen LogP contribution in [0.5, 0.6) is 0 Å². The van der Waals surface area contributed by atoms with Gasteiger partial charge >= 0.3 is 0 Å². The predicted octanol–water partition coefficient (Wildman–Crippen LogP) is 3.68. The van der Waals surface area contributed by atoms with Crippen LogP contribution in [0.25, 0.3) is 11.6 Å². The second-order valence-corrected chi connectivity index (χ2v) is 5.13. The summed E-state index contributed by atoms with van der Waals surface area (Å²) in [5.74, 6) is 2.84. The standard InChI is InChI=1S/C15H21N3O/c1-5-16-13-9-12(8-10(2)3)17-15(18-13)14-11(4)6-7-19-14/h6-7,9-10H,5,8H2,1-4H3,(H,16,17,18). The van der Waals surface area contributed by atoms with Gasteiger partial charge in [-0.05, 0) is 37.8 Å². The highest BCUT2D eigenvalue weighted by molar-refractivity contribution is 5.55. The Morgan fingerprint density at radius 1 is 1.32 bits per heavy atom. The largest absolute Gasteiger partial charge is 0.461 e. The molecule has 0 amide bonds. The van der Waals surface area contributed by atoms with Gasteiger partial charge in [0.05, 0.1) is 6.26 Å². The minimum Gasteiger partial charge on any atom is -0.461 e. The summed E-state index contributed by atoms with van der Waals surface area (Å²) >= 11 is 0. The number of furan rings is 1. The lowest BCUT2D eigenvalue weighted by Gasteiger charge is -2.09. The summed E-state index contributed by atoms with van der Waals surface area (Å²) < 4.78 is 5.49. The molecule has 0 atom stereocenters. The normalized spacial score (nSPS) is 11.0. The van der Waals surface area contributed by atoms with E-state index in [2.05, 4.69) is 36.1 Å². The van der Waals surface area contributed by atoms with E-state index in [0.29, 0.717) is 11.7 Å². The second kappa shape index (κ2) is 5.87. The zero-order valence-corrected chi connectivity index (χ0v) is 12.0. The number of aromatic nitrogens is 2. The van der Waals surface area contributed by atoms with Crippen molar-refractivity contribution in [3.63, 3.8) is 0 Å². The van der Waals surface area contributed by atoms with Gasteiger partial charge in [-0.15, -0.1) is 0 Å². The van der Waals surface area contributed by atoms with E-state index < -0.39 is 0 Å². The third-order valence-electron chi connectivity index (χ3n) is 2.82. The topological polar surface area (TPSA) is 51.0 Å². The highest BCUT2D eigenvalue weighted by atomic mass is 16.3. The van der Waals surface area contributed by atoms with Crippen molar-refractivity contribution in [2.24, 2.45) is 5.92 Å². The molecule has 102 valence electrons. The van der Waals surface area contributed by atoms with Crippen molar-refractivity contribution in [3.05, 3.63) is 29.7 Å². The molecule has 4 heteroatoms. The number of rotatable bonds is 5. The van der Waals surface area contributed by atoms with Crippen molar-refractivity contribution in [3.8, 4) is 11.6 Å². The van der Waals surface area contributed by atoms with Crippen molar-refractivity contribution in [2.45, 2.75) is 34.1 Å². The van der Waals surface area contributed by atoms with Crippen molar-refractivity contribution in [1.82, 2.24) is 9.97 Å². The third-order valence-corrected chi connectivity index (χ3v) is 2.82. The maximum absolute atomic E-state index is 5.49. The highest BCUT2D eigenvalue weighted by Crippen LogP contribution is 2.23. The van der Waals surface area contributed by atoms with E-state index in [-0.39, 0.29) is 0 Å². The van der Waals surface area contributed by atoms with Gasteiger partial charge in [0.1, 0.15) is 5.82 Å². The summed E-state index contributed by atoms with van der Waals surface area (Å²) in [6, 6.07) is 3.95. The summed E-state index contributed by atoms with van der Waals surface area (Å²) in [6.07, 6.45) is 2.61. The molecule has 0 saturated heterocycles. The van der Waals surface area contributed by atoms with Gasteiger partial charge in [0.15, 0.2) is 11.6 Å². The Labute approximate surface area is 114 Å². The summed E-state index contributed by atoms with van der Waals surface area (Å²) in [7, 11) is 0. The fraction of sp³-hybridized carbons (Fsp3) is 0.467. The lowest BCUT2D eigenvalue weighted by molar-refractivity contribution is 0.573. The Balaban J connectivity index is 2.42. The van der Waals surface area contributed by atoms with E-state index in [1.165, 1.54) is 0 Å². The fourth-order valence-corrected chi connectivity index (χ4v) is 2.00. The molecule has 0 fully saturated rings. The Morgan fingerprint density at radius 3 is 2.68 bits per heavy atom. The molecule has 2 aromatic heterocycles. The fourth-order valence-electron chi connectivity index (χ4n) is 2.00. The molecular formula is C15H21N3O. The van der Waals surface area contributed by atoms with Crippen LogP contribution in [0.3, 0.4) is 0 Å². The Morgan fingerprint density at radius 2 is 2.11 bits per heavy atom. The third kappa shape index (κ3) is 3.34. The van der Waals surface area contributed by atoms with Crippen molar-refractivity contribution >= 4 is 5.82 Å². The minimum absolute atomic E-state index is 0.565. The molecule has 0 bridgehead atoms. The number of hydrogen-bond acceptors (Lipinski definition) is 4. The monoisotopic (exact) mass is 259 g/mol. The summed E-state index contributed by atoms with van der Waals surface area (Å²) in [5, 5.41) is 3.25. The maximum atomic E-state index is 5.49. The molecule has 0 unspecified atom stereocenters. The first-order chi connectivity index (χ1) is 9.10. The molecule has 0 aliphatic carbocycles. The van der Waals surface area contributed by atoms with Crippen LogP contribution in [0.1, 0.15) is 32.0 Å². The average Bonchev–Trinajstić information content (AvgIpc) is 2.74. The number of nitrogens with one attached hydrogen (secondary N) is 1. The first-order valence-electron chi connectivity index (χ1n) is 6.76. The summed E-state index contributed by atoms with van der Waals surface area (Å²) in [5.41, 5.74) is 2.11. The Hall–Kier alpha value is -1.84. The molecule has 0 saturated carbocycles. The molecule has 2 heterocycles. The van der Waals surface area contributed by atoms with Gasteiger partial charge in [0, 0.05) is 18.3 Å². The maximum Gasteiger partial charge on any atom is 0.198 e. The quantitative estimate of drug-likeness (QED) is 0.890. The summed E-state index contributed by atoms with van der Waals surface area (Å²) in [6.45, 7) is 9.28. The number of aryl methyl sites for hydroxylation is 1. The van der Waals surface area contributed by atoms with Crippen LogP contribution in [0.4, 0.5) is 5.82 Å². The van der Waals surface area contributed by atoms with Gasteiger partial charge in [-0.25, -0.2) is 9.97 Å². The lowest BCUT2D eigenvalue weighted by Crippen LogP contribution is -2.06. The Kier molecular flexibility index (Phi) is 4.20. The molecule has 0 aromatic carbocycles. The average molecular weight is 259 g/mol. The second-order valence-electron chi connectivity index (χ2n) is 5.13. The molecule has 2 rings (SSSR count). The molecule has 0 spiro atoms. The molecule has 0 aliphatic heterocycles. The van der Waals surface area contributed by atoms with Gasteiger partial charge in [0.25, 0.3) is 0 Å². The lowest BCUT2D eigenvalue weighted by atomic mass is 10.1. The van der Waals surface area contributed by atoms with Gasteiger partial charge < -0.3 is 9.73 Å². The van der Waals surface area contributed by atoms with Crippen LogP contribution in [-0.2, 0) is 6.42 Å². The van der Waals surface area contributed by atoms with Gasteiger partial charge in [-0.1, -0.05) is 13.8 Å². The molecule has 0 radical (unpaired) electrons. The number of anilines is 1. The molecule has 0 aliphatic rings. The van der Waals surface area contributed by atoms with Crippen LogP contribution in [0.2, 0.25) is 0 Å². The molecule has 4 nitrogen and oxygen atoms in total. The van der Waals surface area contributed by atoms with Crippen LogP contribution in [-0.4, -0.2) is 16.5 Å². The van der Waals surface area contributed by atoms with E-state index in [1.54, 1.807) is 6.26 Å². The SMILES string of the molecule is CCNc1cc(CC(C)C)nc(-c2occc2C)n1. The number of nitrogens with zero attached hydrogens (tertiary/aromatic N) is 2. The van der Waals surface area contributed by atoms with Crippen molar-refractivity contribution < 1.29 is 4.42 Å². The Bertz CT molecular complexity index is 546. The molecule has 19 heavy (non-hydrogen) atoms. The first kappa shape index (κ1) is 13.6. The van der Waals surface area contributed by atoms with Gasteiger partial charge in [-0.2, -0.15) is 0 Å². The summed E-state index contributed by atoms with van der Waals surface area (Å²) in [4.78, 5) is 9.13. The van der Waals surface area contributed by atoms with E-state index in [9.17, 15) is 0 Å². The van der Waals surface area contributed by atoms with E-state index in [0.717, 1.165) is 35.8 Å². The van der Waals surface area contributed by atoms with E-state index in [1.807, 2.05) is 19.1 Å². The van der Waals surface area contributed by atoms with Crippen LogP contribution in [0, 0.1) is 12.8 Å². The zero-order chi connectivity index (χ0) is 13.8. The highest BCUT2D eigenvalue weighted by Gasteiger charge is 2.12. The van der Waals surface area contributed by atoms with Crippen LogP contribution < -0.4 is 5.32 Å². The molecule has 1 N–H and O–H groups in total. The van der Waals surface area contributed by atoms with E-state index >= 15 is 0 Å². The molecular weight excluding hydrogens is 238 g/mol. The van der Waals surface area contributed by atoms with Gasteiger partial charge in [-0.3, -0.25) is 0 Å². The van der Waals surface area contributed by atoms with E-state index in [4.69, 9.17) is 4.42 Å². The van der Waals surface area contributed by atoms with Crippen molar-refractivity contribution in [2.75, 3.05) is 11.9 Å². The van der Waals surface area contributed by atoms with Crippen LogP contribution in [0.15, 0.2) is 22.8 Å². The zero-order valence-electron chi connectivity index (χ0n) is 12.0. The number of hydrogen-bond donors (Lipinski definition) is 1. The van der Waals surface area contributed by atoms with Gasteiger partial charge in [0.2, 0.25) is 0 Å². The smallest absolute Gasteiger partial charge is 0.198 e. The minimum atomic E-state index is 0.565. The molecule has 2 aromatic rings. The first-order valence-corrected chi connectivity index (χ1v) is 6.76.